The first-order valence-electron chi connectivity index (χ1n) is 9.46. The molecular formula is C20H35IN4O2. The van der Waals surface area contributed by atoms with Crippen LogP contribution >= 0.6 is 24.0 Å². The van der Waals surface area contributed by atoms with E-state index in [9.17, 15) is 0 Å². The molecular weight excluding hydrogens is 455 g/mol. The average Bonchev–Trinajstić information content (AvgIpc) is 2.57. The molecule has 1 aromatic carbocycles. The van der Waals surface area contributed by atoms with E-state index in [1.807, 2.05) is 20.8 Å². The van der Waals surface area contributed by atoms with Gasteiger partial charge in [0.1, 0.15) is 11.4 Å². The molecule has 1 fully saturated rings. The molecule has 0 saturated carbocycles. The number of rotatable bonds is 7. The van der Waals surface area contributed by atoms with Crippen LogP contribution in [0.25, 0.3) is 0 Å². The number of hydrogen-bond acceptors (Lipinski definition) is 4. The van der Waals surface area contributed by atoms with Gasteiger partial charge in [0.25, 0.3) is 0 Å². The fraction of sp³-hybridized carbons (Fsp3) is 0.650. The van der Waals surface area contributed by atoms with E-state index in [2.05, 4.69) is 40.3 Å². The predicted molar refractivity (Wildman–Crippen MR) is 122 cm³/mol. The summed E-state index contributed by atoms with van der Waals surface area (Å²) in [4.78, 5) is 6.89. The second-order valence-electron chi connectivity index (χ2n) is 7.76. The smallest absolute Gasteiger partial charge is 0.188 e. The lowest BCUT2D eigenvalue weighted by Crippen LogP contribution is -2.39. The third kappa shape index (κ3) is 9.62. The van der Waals surface area contributed by atoms with Gasteiger partial charge >= 0.3 is 0 Å². The van der Waals surface area contributed by atoms with Crippen LogP contribution in [-0.4, -0.2) is 55.9 Å². The van der Waals surface area contributed by atoms with Crippen molar-refractivity contribution in [1.29, 1.82) is 0 Å². The zero-order valence-corrected chi connectivity index (χ0v) is 19.4. The van der Waals surface area contributed by atoms with Crippen molar-refractivity contribution in [2.75, 3.05) is 39.4 Å². The Kier molecular flexibility index (Phi) is 10.4. The number of nitrogens with two attached hydrogens (primary N) is 1. The fourth-order valence-corrected chi connectivity index (χ4v) is 2.79. The first kappa shape index (κ1) is 24.0. The number of hydrogen-bond donors (Lipinski definition) is 2. The van der Waals surface area contributed by atoms with Crippen LogP contribution in [0.2, 0.25) is 0 Å². The van der Waals surface area contributed by atoms with Gasteiger partial charge in [-0.2, -0.15) is 0 Å². The summed E-state index contributed by atoms with van der Waals surface area (Å²) in [6, 6.07) is 6.19. The quantitative estimate of drug-likeness (QED) is 0.266. The molecule has 27 heavy (non-hydrogen) atoms. The summed E-state index contributed by atoms with van der Waals surface area (Å²) in [5.41, 5.74) is 7.99. The number of guanidine groups is 1. The summed E-state index contributed by atoms with van der Waals surface area (Å²) in [5, 5.41) is 3.20. The Morgan fingerprint density at radius 3 is 2.67 bits per heavy atom. The fourth-order valence-electron chi connectivity index (χ4n) is 2.79. The van der Waals surface area contributed by atoms with Crippen molar-refractivity contribution in [1.82, 2.24) is 10.2 Å². The van der Waals surface area contributed by atoms with Crippen molar-refractivity contribution in [3.63, 3.8) is 0 Å². The van der Waals surface area contributed by atoms with E-state index in [1.54, 1.807) is 0 Å². The van der Waals surface area contributed by atoms with Crippen LogP contribution in [0.5, 0.6) is 5.75 Å². The van der Waals surface area contributed by atoms with E-state index in [0.29, 0.717) is 12.5 Å². The highest BCUT2D eigenvalue weighted by Crippen LogP contribution is 2.25. The third-order valence-corrected chi connectivity index (χ3v) is 4.12. The zero-order chi connectivity index (χ0) is 19.0. The molecule has 1 aromatic rings. The summed E-state index contributed by atoms with van der Waals surface area (Å²) < 4.78 is 11.4. The minimum Gasteiger partial charge on any atom is -0.488 e. The Bertz CT molecular complexity index is 596. The van der Waals surface area contributed by atoms with Crippen LogP contribution in [0.1, 0.15) is 38.3 Å². The molecule has 0 radical (unpaired) electrons. The van der Waals surface area contributed by atoms with Gasteiger partial charge in [-0.25, -0.2) is 4.99 Å². The highest BCUT2D eigenvalue weighted by Gasteiger charge is 2.15. The van der Waals surface area contributed by atoms with Crippen LogP contribution < -0.4 is 15.8 Å². The van der Waals surface area contributed by atoms with Gasteiger partial charge in [0.2, 0.25) is 0 Å². The van der Waals surface area contributed by atoms with Gasteiger partial charge in [-0.1, -0.05) is 12.1 Å². The SMILES string of the molecule is Cc1ccc(CN=C(N)NCCCN2CCOCC2)c(OC(C)(C)C)c1.I. The number of morpholine rings is 1. The monoisotopic (exact) mass is 490 g/mol. The Hall–Kier alpha value is -1.06. The number of aliphatic imine (C=N–C) groups is 1. The molecule has 0 atom stereocenters. The molecule has 0 unspecified atom stereocenters. The van der Waals surface area contributed by atoms with Gasteiger partial charge in [-0.05, 0) is 52.3 Å². The normalized spacial score (nSPS) is 15.9. The van der Waals surface area contributed by atoms with Crippen molar-refractivity contribution in [3.05, 3.63) is 29.3 Å². The van der Waals surface area contributed by atoms with E-state index in [1.165, 1.54) is 5.56 Å². The van der Waals surface area contributed by atoms with Gasteiger partial charge in [0.05, 0.1) is 19.8 Å². The Labute approximate surface area is 180 Å². The van der Waals surface area contributed by atoms with Gasteiger partial charge in [0, 0.05) is 25.2 Å². The van der Waals surface area contributed by atoms with E-state index in [4.69, 9.17) is 15.2 Å². The van der Waals surface area contributed by atoms with Crippen molar-refractivity contribution in [2.45, 2.75) is 46.3 Å². The number of nitrogens with one attached hydrogen (secondary N) is 1. The predicted octanol–water partition coefficient (Wildman–Crippen LogP) is 2.92. The molecule has 154 valence electrons. The maximum absolute atomic E-state index is 6.07. The maximum Gasteiger partial charge on any atom is 0.188 e. The molecule has 1 saturated heterocycles. The Morgan fingerprint density at radius 1 is 1.30 bits per heavy atom. The molecule has 3 N–H and O–H groups in total. The number of ether oxygens (including phenoxy) is 2. The number of aryl methyl sites for hydroxylation is 1. The molecule has 1 aliphatic heterocycles. The number of nitrogens with zero attached hydrogens (tertiary/aromatic N) is 2. The second kappa shape index (κ2) is 11.7. The standard InChI is InChI=1S/C20H34N4O2.HI/c1-16-6-7-17(18(14-16)26-20(2,3)4)15-23-19(21)22-8-5-9-24-10-12-25-13-11-24;/h6-7,14H,5,8-13,15H2,1-4H3,(H3,21,22,23);1H. The van der Waals surface area contributed by atoms with Gasteiger partial charge in [0.15, 0.2) is 5.96 Å². The summed E-state index contributed by atoms with van der Waals surface area (Å²) in [6.45, 7) is 14.3. The van der Waals surface area contributed by atoms with Crippen LogP contribution in [0, 0.1) is 6.92 Å². The number of halogens is 1. The molecule has 7 heteroatoms. The molecule has 0 spiro atoms. The van der Waals surface area contributed by atoms with Gasteiger partial charge in [-0.3, -0.25) is 4.90 Å². The molecule has 2 rings (SSSR count). The van der Waals surface area contributed by atoms with E-state index < -0.39 is 0 Å². The Balaban J connectivity index is 0.00000364. The summed E-state index contributed by atoms with van der Waals surface area (Å²) >= 11 is 0. The highest BCUT2D eigenvalue weighted by atomic mass is 127. The maximum atomic E-state index is 6.07. The van der Waals surface area contributed by atoms with Crippen molar-refractivity contribution < 1.29 is 9.47 Å². The van der Waals surface area contributed by atoms with Crippen LogP contribution in [-0.2, 0) is 11.3 Å². The molecule has 0 bridgehead atoms. The zero-order valence-electron chi connectivity index (χ0n) is 17.1. The minimum absolute atomic E-state index is 0. The van der Waals surface area contributed by atoms with E-state index in [-0.39, 0.29) is 29.6 Å². The van der Waals surface area contributed by atoms with Gasteiger partial charge in [-0.15, -0.1) is 24.0 Å². The lowest BCUT2D eigenvalue weighted by Gasteiger charge is -2.26. The molecule has 0 aliphatic carbocycles. The van der Waals surface area contributed by atoms with E-state index in [0.717, 1.165) is 57.1 Å². The van der Waals surface area contributed by atoms with Crippen LogP contribution in [0.3, 0.4) is 0 Å². The number of benzene rings is 1. The van der Waals surface area contributed by atoms with Crippen LogP contribution in [0.15, 0.2) is 23.2 Å². The molecule has 6 nitrogen and oxygen atoms in total. The molecule has 0 aromatic heterocycles. The van der Waals surface area contributed by atoms with Crippen LogP contribution in [0.4, 0.5) is 0 Å². The first-order valence-corrected chi connectivity index (χ1v) is 9.46. The molecule has 1 heterocycles. The summed E-state index contributed by atoms with van der Waals surface area (Å²) in [7, 11) is 0. The van der Waals surface area contributed by atoms with Crippen molar-refractivity contribution >= 4 is 29.9 Å². The molecule has 1 aliphatic rings. The lowest BCUT2D eigenvalue weighted by atomic mass is 10.1. The highest BCUT2D eigenvalue weighted by molar-refractivity contribution is 14.0. The topological polar surface area (TPSA) is 72.1 Å². The van der Waals surface area contributed by atoms with E-state index >= 15 is 0 Å². The largest absolute Gasteiger partial charge is 0.488 e. The second-order valence-corrected chi connectivity index (χ2v) is 7.76. The van der Waals surface area contributed by atoms with Crippen molar-refractivity contribution in [2.24, 2.45) is 10.7 Å². The Morgan fingerprint density at radius 2 is 2.00 bits per heavy atom. The minimum atomic E-state index is -0.241. The summed E-state index contributed by atoms with van der Waals surface area (Å²) in [5.74, 6) is 1.36. The summed E-state index contributed by atoms with van der Waals surface area (Å²) in [6.07, 6.45) is 1.04. The first-order chi connectivity index (χ1) is 12.3. The van der Waals surface area contributed by atoms with Gasteiger partial charge < -0.3 is 20.5 Å². The molecule has 0 amide bonds. The average molecular weight is 490 g/mol. The lowest BCUT2D eigenvalue weighted by molar-refractivity contribution is 0.0376. The van der Waals surface area contributed by atoms with Crippen molar-refractivity contribution in [3.8, 4) is 5.75 Å². The third-order valence-electron chi connectivity index (χ3n) is 4.12.